The fourth-order valence-corrected chi connectivity index (χ4v) is 3.30. The number of hydrogen-bond donors (Lipinski definition) is 0. The Bertz CT molecular complexity index is 328. The summed E-state index contributed by atoms with van der Waals surface area (Å²) < 4.78 is 5.35. The molecule has 0 aliphatic carbocycles. The van der Waals surface area contributed by atoms with Crippen LogP contribution in [0.15, 0.2) is 12.7 Å². The molecule has 3 heteroatoms. The van der Waals surface area contributed by atoms with Gasteiger partial charge in [0.2, 0.25) is 0 Å². The molecule has 0 spiro atoms. The molecule has 0 aromatic rings. The first-order valence-corrected chi connectivity index (χ1v) is 11.1. The molecule has 0 N–H and O–H groups in total. The van der Waals surface area contributed by atoms with Gasteiger partial charge in [0.1, 0.15) is 0 Å². The van der Waals surface area contributed by atoms with Gasteiger partial charge in [0.05, 0.1) is 0 Å². The van der Waals surface area contributed by atoms with Crippen molar-refractivity contribution in [1.29, 1.82) is 0 Å². The van der Waals surface area contributed by atoms with Crippen LogP contribution in [-0.4, -0.2) is 31.2 Å². The van der Waals surface area contributed by atoms with Gasteiger partial charge in [-0.15, -0.1) is 0 Å². The zero-order valence-corrected chi connectivity index (χ0v) is 17.9. The minimum Gasteiger partial charge on any atom is -0.443 e. The standard InChI is InChI=1S/C23H45NO2/c1-5-7-8-9-10-11-12-13-14-15-16-17-18-19-20-21-22(24(3)4)26-23(25)6-2/h6,22H,2,5,7-21H2,1,3-4H3. The van der Waals surface area contributed by atoms with Crippen molar-refractivity contribution in [2.75, 3.05) is 14.1 Å². The average molecular weight is 368 g/mol. The molecular formula is C23H45NO2. The molecule has 154 valence electrons. The highest BCUT2D eigenvalue weighted by molar-refractivity contribution is 5.81. The smallest absolute Gasteiger partial charge is 0.331 e. The molecule has 0 heterocycles. The quantitative estimate of drug-likeness (QED) is 0.108. The molecule has 26 heavy (non-hydrogen) atoms. The minimum absolute atomic E-state index is 0.123. The molecule has 0 saturated carbocycles. The van der Waals surface area contributed by atoms with Gasteiger partial charge in [-0.05, 0) is 26.9 Å². The van der Waals surface area contributed by atoms with Crippen LogP contribution in [0.3, 0.4) is 0 Å². The van der Waals surface area contributed by atoms with E-state index in [-0.39, 0.29) is 12.2 Å². The number of unbranched alkanes of at least 4 members (excludes halogenated alkanes) is 14. The highest BCUT2D eigenvalue weighted by Gasteiger charge is 2.14. The van der Waals surface area contributed by atoms with E-state index in [1.54, 1.807) is 0 Å². The number of rotatable bonds is 19. The molecule has 0 rings (SSSR count). The molecule has 0 aromatic carbocycles. The first-order chi connectivity index (χ1) is 12.6. The lowest BCUT2D eigenvalue weighted by atomic mass is 10.0. The Balaban J connectivity index is 3.34. The summed E-state index contributed by atoms with van der Waals surface area (Å²) in [5.41, 5.74) is 0. The average Bonchev–Trinajstić information content (AvgIpc) is 2.63. The maximum atomic E-state index is 11.3. The highest BCUT2D eigenvalue weighted by Crippen LogP contribution is 2.15. The van der Waals surface area contributed by atoms with E-state index in [1.807, 2.05) is 19.0 Å². The van der Waals surface area contributed by atoms with Crippen LogP contribution in [0.4, 0.5) is 0 Å². The van der Waals surface area contributed by atoms with Crippen LogP contribution in [0.2, 0.25) is 0 Å². The number of ether oxygens (including phenoxy) is 1. The van der Waals surface area contributed by atoms with Crippen LogP contribution in [0, 0.1) is 0 Å². The first kappa shape index (κ1) is 25.2. The molecule has 0 radical (unpaired) electrons. The van der Waals surface area contributed by atoms with Crippen molar-refractivity contribution in [3.8, 4) is 0 Å². The van der Waals surface area contributed by atoms with Crippen molar-refractivity contribution in [3.63, 3.8) is 0 Å². The van der Waals surface area contributed by atoms with E-state index in [1.165, 1.54) is 96.0 Å². The van der Waals surface area contributed by atoms with Crippen molar-refractivity contribution in [2.45, 2.75) is 116 Å². The predicted octanol–water partition coefficient (Wildman–Crippen LogP) is 6.86. The summed E-state index contributed by atoms with van der Waals surface area (Å²) in [6.45, 7) is 5.74. The summed E-state index contributed by atoms with van der Waals surface area (Å²) in [6.07, 6.45) is 22.6. The van der Waals surface area contributed by atoms with Crippen molar-refractivity contribution >= 4 is 5.97 Å². The van der Waals surface area contributed by atoms with Crippen molar-refractivity contribution in [2.24, 2.45) is 0 Å². The molecular weight excluding hydrogens is 322 g/mol. The molecule has 0 aromatic heterocycles. The van der Waals surface area contributed by atoms with Crippen LogP contribution in [0.1, 0.15) is 110 Å². The summed E-state index contributed by atoms with van der Waals surface area (Å²) in [7, 11) is 3.90. The highest BCUT2D eigenvalue weighted by atomic mass is 16.6. The van der Waals surface area contributed by atoms with Gasteiger partial charge >= 0.3 is 5.97 Å². The van der Waals surface area contributed by atoms with Crippen molar-refractivity contribution in [3.05, 3.63) is 12.7 Å². The van der Waals surface area contributed by atoms with Gasteiger partial charge in [0.15, 0.2) is 6.23 Å². The summed E-state index contributed by atoms with van der Waals surface area (Å²) in [4.78, 5) is 13.3. The number of carbonyl (C=O) groups excluding carboxylic acids is 1. The van der Waals surface area contributed by atoms with E-state index < -0.39 is 0 Å². The van der Waals surface area contributed by atoms with E-state index in [0.29, 0.717) is 0 Å². The molecule has 3 nitrogen and oxygen atoms in total. The molecule has 0 saturated heterocycles. The summed E-state index contributed by atoms with van der Waals surface area (Å²) in [5.74, 6) is -0.329. The van der Waals surface area contributed by atoms with Crippen LogP contribution >= 0.6 is 0 Å². The number of esters is 1. The number of nitrogens with zero attached hydrogens (tertiary/aromatic N) is 1. The van der Waals surface area contributed by atoms with Gasteiger partial charge in [-0.3, -0.25) is 4.90 Å². The van der Waals surface area contributed by atoms with Gasteiger partial charge in [-0.2, -0.15) is 0 Å². The van der Waals surface area contributed by atoms with Crippen molar-refractivity contribution < 1.29 is 9.53 Å². The first-order valence-electron chi connectivity index (χ1n) is 11.1. The maximum Gasteiger partial charge on any atom is 0.331 e. The maximum absolute atomic E-state index is 11.3. The van der Waals surface area contributed by atoms with E-state index in [4.69, 9.17) is 4.74 Å². The SMILES string of the molecule is C=CC(=O)OC(CCCCCCCCCCCCCCCCC)N(C)C. The van der Waals surface area contributed by atoms with E-state index in [9.17, 15) is 4.79 Å². The van der Waals surface area contributed by atoms with Gasteiger partial charge in [-0.25, -0.2) is 4.79 Å². The van der Waals surface area contributed by atoms with Crippen LogP contribution in [-0.2, 0) is 9.53 Å². The second-order valence-electron chi connectivity index (χ2n) is 7.80. The fourth-order valence-electron chi connectivity index (χ4n) is 3.30. The van der Waals surface area contributed by atoms with Crippen LogP contribution in [0.5, 0.6) is 0 Å². The zero-order valence-electron chi connectivity index (χ0n) is 17.9. The van der Waals surface area contributed by atoms with Gasteiger partial charge in [0, 0.05) is 6.08 Å². The molecule has 1 unspecified atom stereocenters. The van der Waals surface area contributed by atoms with Gasteiger partial charge < -0.3 is 4.74 Å². The Labute approximate surface area is 163 Å². The monoisotopic (exact) mass is 367 g/mol. The molecule has 0 aliphatic rings. The molecule has 0 fully saturated rings. The van der Waals surface area contributed by atoms with E-state index >= 15 is 0 Å². The van der Waals surface area contributed by atoms with E-state index in [0.717, 1.165) is 12.8 Å². The van der Waals surface area contributed by atoms with E-state index in [2.05, 4.69) is 13.5 Å². The van der Waals surface area contributed by atoms with Gasteiger partial charge in [-0.1, -0.05) is 103 Å². The van der Waals surface area contributed by atoms with Gasteiger partial charge in [0.25, 0.3) is 0 Å². The lowest BCUT2D eigenvalue weighted by Crippen LogP contribution is -2.32. The Morgan fingerprint density at radius 1 is 0.808 bits per heavy atom. The summed E-state index contributed by atoms with van der Waals surface area (Å²) >= 11 is 0. The third-order valence-corrected chi connectivity index (χ3v) is 5.05. The topological polar surface area (TPSA) is 29.5 Å². The molecule has 0 bridgehead atoms. The Hall–Kier alpha value is -0.830. The second-order valence-corrected chi connectivity index (χ2v) is 7.80. The summed E-state index contributed by atoms with van der Waals surface area (Å²) in [5, 5.41) is 0. The summed E-state index contributed by atoms with van der Waals surface area (Å²) in [6, 6.07) is 0. The fraction of sp³-hybridized carbons (Fsp3) is 0.870. The Kier molecular flexibility index (Phi) is 18.3. The third-order valence-electron chi connectivity index (χ3n) is 5.05. The second kappa shape index (κ2) is 18.9. The largest absolute Gasteiger partial charge is 0.443 e. The minimum atomic E-state index is -0.329. The Morgan fingerprint density at radius 2 is 1.19 bits per heavy atom. The predicted molar refractivity (Wildman–Crippen MR) is 113 cm³/mol. The lowest BCUT2D eigenvalue weighted by molar-refractivity contribution is -0.151. The zero-order chi connectivity index (χ0) is 19.5. The molecule has 0 amide bonds. The third kappa shape index (κ3) is 16.6. The van der Waals surface area contributed by atoms with Crippen LogP contribution < -0.4 is 0 Å². The number of hydrogen-bond acceptors (Lipinski definition) is 3. The molecule has 1 atom stereocenters. The lowest BCUT2D eigenvalue weighted by Gasteiger charge is -2.23. The van der Waals surface area contributed by atoms with Crippen LogP contribution in [0.25, 0.3) is 0 Å². The Morgan fingerprint density at radius 3 is 1.54 bits per heavy atom. The van der Waals surface area contributed by atoms with Crippen molar-refractivity contribution in [1.82, 2.24) is 4.90 Å². The normalized spacial score (nSPS) is 12.3. The number of carbonyl (C=O) groups is 1. The molecule has 0 aliphatic heterocycles.